The van der Waals surface area contributed by atoms with Crippen molar-refractivity contribution in [2.45, 2.75) is 0 Å². The Balaban J connectivity index is 3.13. The molecule has 0 aliphatic carbocycles. The lowest BCUT2D eigenvalue weighted by Crippen LogP contribution is -1.92. The minimum Gasteiger partial charge on any atom is -0.497 e. The Kier molecular flexibility index (Phi) is 3.37. The van der Waals surface area contributed by atoms with Crippen LogP contribution in [0.5, 0.6) is 5.75 Å². The number of halogens is 1. The van der Waals surface area contributed by atoms with Crippen LogP contribution in [-0.4, -0.2) is 14.2 Å². The van der Waals surface area contributed by atoms with Gasteiger partial charge in [-0.1, -0.05) is 22.5 Å². The summed E-state index contributed by atoms with van der Waals surface area (Å²) in [4.78, 5) is 0. The molecule has 0 aliphatic heterocycles. The van der Waals surface area contributed by atoms with Crippen molar-refractivity contribution in [3.05, 3.63) is 34.8 Å². The topological polar surface area (TPSA) is 18.5 Å². The third-order valence-electron chi connectivity index (χ3n) is 1.71. The van der Waals surface area contributed by atoms with Gasteiger partial charge in [-0.05, 0) is 18.2 Å². The number of ether oxygens (including phenoxy) is 2. The highest BCUT2D eigenvalue weighted by Crippen LogP contribution is 2.28. The van der Waals surface area contributed by atoms with Gasteiger partial charge in [0, 0.05) is 4.47 Å². The van der Waals surface area contributed by atoms with E-state index in [2.05, 4.69) is 22.5 Å². The summed E-state index contributed by atoms with van der Waals surface area (Å²) in [6, 6.07) is 5.69. The Bertz CT molecular complexity index is 321. The SMILES string of the molecule is C=C(OC)c1ccc(Br)cc1OC. The van der Waals surface area contributed by atoms with E-state index in [4.69, 9.17) is 9.47 Å². The van der Waals surface area contributed by atoms with E-state index in [9.17, 15) is 0 Å². The van der Waals surface area contributed by atoms with Crippen molar-refractivity contribution in [3.63, 3.8) is 0 Å². The van der Waals surface area contributed by atoms with Crippen LogP contribution in [0, 0.1) is 0 Å². The summed E-state index contributed by atoms with van der Waals surface area (Å²) in [6.45, 7) is 3.76. The Morgan fingerprint density at radius 2 is 2.08 bits per heavy atom. The summed E-state index contributed by atoms with van der Waals surface area (Å²) < 4.78 is 11.2. The van der Waals surface area contributed by atoms with Crippen molar-refractivity contribution in [2.24, 2.45) is 0 Å². The lowest BCUT2D eigenvalue weighted by atomic mass is 10.2. The van der Waals surface area contributed by atoms with Gasteiger partial charge in [0.15, 0.2) is 0 Å². The van der Waals surface area contributed by atoms with Crippen LogP contribution in [0.1, 0.15) is 5.56 Å². The van der Waals surface area contributed by atoms with Gasteiger partial charge in [0.25, 0.3) is 0 Å². The third kappa shape index (κ3) is 2.25. The van der Waals surface area contributed by atoms with E-state index in [0.717, 1.165) is 15.8 Å². The monoisotopic (exact) mass is 242 g/mol. The summed E-state index contributed by atoms with van der Waals surface area (Å²) in [6.07, 6.45) is 0. The minimum atomic E-state index is 0.601. The smallest absolute Gasteiger partial charge is 0.130 e. The lowest BCUT2D eigenvalue weighted by Gasteiger charge is -2.09. The van der Waals surface area contributed by atoms with Gasteiger partial charge >= 0.3 is 0 Å². The molecule has 3 heteroatoms. The number of rotatable bonds is 3. The predicted octanol–water partition coefficient (Wildman–Crippen LogP) is 3.07. The molecule has 0 atom stereocenters. The molecule has 0 unspecified atom stereocenters. The van der Waals surface area contributed by atoms with Gasteiger partial charge in [0.2, 0.25) is 0 Å². The molecule has 0 aliphatic rings. The maximum absolute atomic E-state index is 5.18. The van der Waals surface area contributed by atoms with Crippen molar-refractivity contribution >= 4 is 21.7 Å². The summed E-state index contributed by atoms with van der Waals surface area (Å²) in [5.41, 5.74) is 0.869. The van der Waals surface area contributed by atoms with Crippen LogP contribution in [0.25, 0.3) is 5.76 Å². The maximum atomic E-state index is 5.18. The van der Waals surface area contributed by atoms with Crippen LogP contribution in [0.3, 0.4) is 0 Å². The van der Waals surface area contributed by atoms with Crippen LogP contribution in [0.2, 0.25) is 0 Å². The quantitative estimate of drug-likeness (QED) is 0.759. The van der Waals surface area contributed by atoms with Gasteiger partial charge in [0.1, 0.15) is 11.5 Å². The van der Waals surface area contributed by atoms with Crippen LogP contribution in [0.4, 0.5) is 0 Å². The first-order chi connectivity index (χ1) is 6.19. The van der Waals surface area contributed by atoms with Crippen molar-refractivity contribution in [1.29, 1.82) is 0 Å². The van der Waals surface area contributed by atoms with Gasteiger partial charge in [-0.25, -0.2) is 0 Å². The zero-order valence-electron chi connectivity index (χ0n) is 7.63. The molecule has 70 valence electrons. The molecule has 1 aromatic rings. The first-order valence-electron chi connectivity index (χ1n) is 3.76. The fraction of sp³-hybridized carbons (Fsp3) is 0.200. The molecular formula is C10H11BrO2. The highest BCUT2D eigenvalue weighted by atomic mass is 79.9. The zero-order valence-corrected chi connectivity index (χ0v) is 9.22. The van der Waals surface area contributed by atoms with Crippen LogP contribution < -0.4 is 4.74 Å². The number of methoxy groups -OCH3 is 2. The predicted molar refractivity (Wildman–Crippen MR) is 56.7 cm³/mol. The average Bonchev–Trinajstić information content (AvgIpc) is 2.16. The number of hydrogen-bond acceptors (Lipinski definition) is 2. The first kappa shape index (κ1) is 10.1. The van der Waals surface area contributed by atoms with E-state index in [-0.39, 0.29) is 0 Å². The zero-order chi connectivity index (χ0) is 9.84. The summed E-state index contributed by atoms with van der Waals surface area (Å²) in [5, 5.41) is 0. The molecule has 13 heavy (non-hydrogen) atoms. The van der Waals surface area contributed by atoms with Crippen molar-refractivity contribution in [2.75, 3.05) is 14.2 Å². The molecule has 0 saturated heterocycles. The number of benzene rings is 1. The Morgan fingerprint density at radius 1 is 1.38 bits per heavy atom. The summed E-state index contributed by atoms with van der Waals surface area (Å²) in [5.74, 6) is 1.35. The Labute approximate surface area is 86.3 Å². The van der Waals surface area contributed by atoms with E-state index >= 15 is 0 Å². The average molecular weight is 243 g/mol. The Hall–Kier alpha value is -0.960. The van der Waals surface area contributed by atoms with Crippen molar-refractivity contribution < 1.29 is 9.47 Å². The number of hydrogen-bond donors (Lipinski definition) is 0. The standard InChI is InChI=1S/C10H11BrO2/c1-7(12-2)9-5-4-8(11)6-10(9)13-3/h4-6H,1H2,2-3H3. The first-order valence-corrected chi connectivity index (χ1v) is 4.55. The summed E-state index contributed by atoms with van der Waals surface area (Å²) in [7, 11) is 3.21. The van der Waals surface area contributed by atoms with E-state index < -0.39 is 0 Å². The molecule has 0 N–H and O–H groups in total. The maximum Gasteiger partial charge on any atom is 0.130 e. The van der Waals surface area contributed by atoms with E-state index in [1.54, 1.807) is 14.2 Å². The molecule has 1 aromatic carbocycles. The van der Waals surface area contributed by atoms with Crippen LogP contribution in [0.15, 0.2) is 29.3 Å². The molecule has 0 heterocycles. The van der Waals surface area contributed by atoms with Gasteiger partial charge in [0.05, 0.1) is 19.8 Å². The van der Waals surface area contributed by atoms with Gasteiger partial charge < -0.3 is 9.47 Å². The fourth-order valence-corrected chi connectivity index (χ4v) is 1.35. The molecule has 0 saturated carbocycles. The normalized spacial score (nSPS) is 9.46. The highest BCUT2D eigenvalue weighted by Gasteiger charge is 2.06. The largest absolute Gasteiger partial charge is 0.497 e. The second-order valence-electron chi connectivity index (χ2n) is 2.47. The molecule has 0 radical (unpaired) electrons. The van der Waals surface area contributed by atoms with Crippen molar-refractivity contribution in [1.82, 2.24) is 0 Å². The van der Waals surface area contributed by atoms with Crippen LogP contribution >= 0.6 is 15.9 Å². The second kappa shape index (κ2) is 4.33. The van der Waals surface area contributed by atoms with E-state index in [1.165, 1.54) is 0 Å². The summed E-state index contributed by atoms with van der Waals surface area (Å²) >= 11 is 3.36. The van der Waals surface area contributed by atoms with E-state index in [0.29, 0.717) is 5.76 Å². The fourth-order valence-electron chi connectivity index (χ4n) is 1.01. The van der Waals surface area contributed by atoms with Crippen molar-refractivity contribution in [3.8, 4) is 5.75 Å². The van der Waals surface area contributed by atoms with Gasteiger partial charge in [-0.3, -0.25) is 0 Å². The molecule has 0 fully saturated rings. The third-order valence-corrected chi connectivity index (χ3v) is 2.20. The molecular weight excluding hydrogens is 232 g/mol. The molecule has 0 spiro atoms. The second-order valence-corrected chi connectivity index (χ2v) is 3.39. The molecule has 2 nitrogen and oxygen atoms in total. The molecule has 0 aromatic heterocycles. The van der Waals surface area contributed by atoms with Crippen LogP contribution in [-0.2, 0) is 4.74 Å². The van der Waals surface area contributed by atoms with Gasteiger partial charge in [-0.15, -0.1) is 0 Å². The Morgan fingerprint density at radius 3 is 2.62 bits per heavy atom. The van der Waals surface area contributed by atoms with E-state index in [1.807, 2.05) is 18.2 Å². The highest BCUT2D eigenvalue weighted by molar-refractivity contribution is 9.10. The molecule has 0 bridgehead atoms. The molecule has 1 rings (SSSR count). The minimum absolute atomic E-state index is 0.601. The van der Waals surface area contributed by atoms with Gasteiger partial charge in [-0.2, -0.15) is 0 Å². The molecule has 0 amide bonds. The lowest BCUT2D eigenvalue weighted by molar-refractivity contribution is 0.363.